The second-order valence-corrected chi connectivity index (χ2v) is 7.01. The lowest BCUT2D eigenvalue weighted by atomic mass is 10.1. The van der Waals surface area contributed by atoms with Crippen molar-refractivity contribution in [3.63, 3.8) is 0 Å². The van der Waals surface area contributed by atoms with Crippen molar-refractivity contribution in [2.24, 2.45) is 0 Å². The summed E-state index contributed by atoms with van der Waals surface area (Å²) >= 11 is 0. The smallest absolute Gasteiger partial charge is 0.242 e. The van der Waals surface area contributed by atoms with Gasteiger partial charge >= 0.3 is 0 Å². The number of nitrogens with zero attached hydrogens (tertiary/aromatic N) is 1. The van der Waals surface area contributed by atoms with Crippen LogP contribution in [-0.4, -0.2) is 28.1 Å². The third-order valence-corrected chi connectivity index (χ3v) is 5.48. The predicted octanol–water partition coefficient (Wildman–Crippen LogP) is 1.95. The number of benzene rings is 1. The number of rotatable bonds is 5. The molecular formula is C14H23N3O2S. The second-order valence-electron chi connectivity index (χ2n) is 5.15. The Bertz CT molecular complexity index is 566. The van der Waals surface area contributed by atoms with Crippen molar-refractivity contribution >= 4 is 21.4 Å². The summed E-state index contributed by atoms with van der Waals surface area (Å²) in [6, 6.07) is 5.76. The lowest BCUT2D eigenvalue weighted by Gasteiger charge is -2.30. The van der Waals surface area contributed by atoms with Gasteiger partial charge in [0, 0.05) is 18.3 Å². The normalized spacial score (nSPS) is 16.5. The zero-order chi connectivity index (χ0) is 14.8. The lowest BCUT2D eigenvalue weighted by molar-refractivity contribution is 0.588. The Hall–Kier alpha value is -1.27. The van der Waals surface area contributed by atoms with Gasteiger partial charge in [0.15, 0.2) is 0 Å². The lowest BCUT2D eigenvalue weighted by Crippen LogP contribution is -2.33. The summed E-state index contributed by atoms with van der Waals surface area (Å²) in [6.07, 6.45) is 4.93. The van der Waals surface area contributed by atoms with E-state index in [1.807, 2.05) is 6.07 Å². The standard InChI is InChI=1S/C14H23N3O2S/c1-3-17(11-6-4-5-7-11)12-8-9-14(13(15)10-12)20(18,19)16-2/h8-11,16H,3-7,15H2,1-2H3. The SMILES string of the molecule is CCN(c1ccc(S(=O)(=O)NC)c(N)c1)C1CCCC1. The van der Waals surface area contributed by atoms with Gasteiger partial charge in [-0.2, -0.15) is 0 Å². The van der Waals surface area contributed by atoms with Crippen LogP contribution in [0.2, 0.25) is 0 Å². The Morgan fingerprint density at radius 3 is 2.50 bits per heavy atom. The number of nitrogens with two attached hydrogens (primary N) is 1. The van der Waals surface area contributed by atoms with E-state index in [1.54, 1.807) is 12.1 Å². The molecule has 0 radical (unpaired) electrons. The number of hydrogen-bond donors (Lipinski definition) is 2. The van der Waals surface area contributed by atoms with E-state index in [1.165, 1.54) is 32.7 Å². The van der Waals surface area contributed by atoms with Crippen LogP contribution in [0.3, 0.4) is 0 Å². The Morgan fingerprint density at radius 1 is 1.35 bits per heavy atom. The van der Waals surface area contributed by atoms with Gasteiger partial charge < -0.3 is 10.6 Å². The summed E-state index contributed by atoms with van der Waals surface area (Å²) in [5.74, 6) is 0. The van der Waals surface area contributed by atoms with E-state index >= 15 is 0 Å². The molecule has 1 fully saturated rings. The number of nitrogens with one attached hydrogen (secondary N) is 1. The minimum Gasteiger partial charge on any atom is -0.398 e. The van der Waals surface area contributed by atoms with Crippen molar-refractivity contribution in [3.05, 3.63) is 18.2 Å². The van der Waals surface area contributed by atoms with Crippen LogP contribution >= 0.6 is 0 Å². The molecule has 20 heavy (non-hydrogen) atoms. The maximum absolute atomic E-state index is 11.8. The van der Waals surface area contributed by atoms with Crippen LogP contribution in [0.15, 0.2) is 23.1 Å². The van der Waals surface area contributed by atoms with E-state index in [2.05, 4.69) is 16.5 Å². The van der Waals surface area contributed by atoms with Gasteiger partial charge in [-0.1, -0.05) is 12.8 Å². The molecule has 5 nitrogen and oxygen atoms in total. The molecule has 0 aliphatic heterocycles. The highest BCUT2D eigenvalue weighted by Crippen LogP contribution is 2.31. The van der Waals surface area contributed by atoms with E-state index in [4.69, 9.17) is 5.73 Å². The average molecular weight is 297 g/mol. The molecule has 0 saturated heterocycles. The van der Waals surface area contributed by atoms with Crippen molar-refractivity contribution < 1.29 is 8.42 Å². The van der Waals surface area contributed by atoms with Crippen LogP contribution < -0.4 is 15.4 Å². The molecule has 112 valence electrons. The minimum atomic E-state index is -3.49. The van der Waals surface area contributed by atoms with E-state index in [9.17, 15) is 8.42 Å². The van der Waals surface area contributed by atoms with Crippen LogP contribution in [0, 0.1) is 0 Å². The number of nitrogen functional groups attached to an aromatic ring is 1. The van der Waals surface area contributed by atoms with E-state index in [0.717, 1.165) is 12.2 Å². The summed E-state index contributed by atoms with van der Waals surface area (Å²) in [4.78, 5) is 2.46. The first-order chi connectivity index (χ1) is 9.49. The molecule has 0 aromatic heterocycles. The summed E-state index contributed by atoms with van der Waals surface area (Å²) in [6.45, 7) is 3.02. The third-order valence-electron chi connectivity index (χ3n) is 3.99. The molecule has 1 aromatic carbocycles. The van der Waals surface area contributed by atoms with Crippen LogP contribution in [0.4, 0.5) is 11.4 Å². The first kappa shape index (κ1) is 15.1. The van der Waals surface area contributed by atoms with Crippen molar-refractivity contribution in [1.29, 1.82) is 0 Å². The molecule has 0 unspecified atom stereocenters. The topological polar surface area (TPSA) is 75.4 Å². The van der Waals surface area contributed by atoms with Gasteiger partial charge in [-0.15, -0.1) is 0 Å². The number of sulfonamides is 1. The maximum Gasteiger partial charge on any atom is 0.242 e. The summed E-state index contributed by atoms with van der Waals surface area (Å²) in [5, 5.41) is 0. The molecule has 1 saturated carbocycles. The van der Waals surface area contributed by atoms with E-state index in [-0.39, 0.29) is 4.90 Å². The van der Waals surface area contributed by atoms with Crippen molar-refractivity contribution in [3.8, 4) is 0 Å². The van der Waals surface area contributed by atoms with Gasteiger partial charge in [-0.25, -0.2) is 13.1 Å². The molecule has 3 N–H and O–H groups in total. The van der Waals surface area contributed by atoms with Crippen molar-refractivity contribution in [2.75, 3.05) is 24.2 Å². The Morgan fingerprint density at radius 2 is 2.00 bits per heavy atom. The second kappa shape index (κ2) is 6.01. The highest BCUT2D eigenvalue weighted by Gasteiger charge is 2.23. The molecular weight excluding hydrogens is 274 g/mol. The predicted molar refractivity (Wildman–Crippen MR) is 82.4 cm³/mol. The fourth-order valence-corrected chi connectivity index (χ4v) is 3.77. The first-order valence-electron chi connectivity index (χ1n) is 7.09. The molecule has 0 spiro atoms. The van der Waals surface area contributed by atoms with Gasteiger partial charge in [0.1, 0.15) is 4.90 Å². The Balaban J connectivity index is 2.32. The van der Waals surface area contributed by atoms with Crippen LogP contribution in [0.1, 0.15) is 32.6 Å². The van der Waals surface area contributed by atoms with Gasteiger partial charge in [0.2, 0.25) is 10.0 Å². The fraction of sp³-hybridized carbons (Fsp3) is 0.571. The fourth-order valence-electron chi connectivity index (χ4n) is 2.94. The molecule has 0 amide bonds. The van der Waals surface area contributed by atoms with Gasteiger partial charge in [-0.3, -0.25) is 0 Å². The Labute approximate surface area is 121 Å². The van der Waals surface area contributed by atoms with E-state index in [0.29, 0.717) is 11.7 Å². The summed E-state index contributed by atoms with van der Waals surface area (Å²) in [7, 11) is -2.10. The molecule has 6 heteroatoms. The molecule has 0 atom stereocenters. The third kappa shape index (κ3) is 2.91. The highest BCUT2D eigenvalue weighted by atomic mass is 32.2. The molecule has 2 rings (SSSR count). The molecule has 0 heterocycles. The quantitative estimate of drug-likeness (QED) is 0.815. The van der Waals surface area contributed by atoms with Gasteiger partial charge in [-0.05, 0) is 45.0 Å². The van der Waals surface area contributed by atoms with Crippen molar-refractivity contribution in [2.45, 2.75) is 43.5 Å². The first-order valence-corrected chi connectivity index (χ1v) is 8.57. The molecule has 1 aliphatic rings. The maximum atomic E-state index is 11.8. The van der Waals surface area contributed by atoms with Crippen LogP contribution in [0.25, 0.3) is 0 Å². The van der Waals surface area contributed by atoms with Gasteiger partial charge in [0.05, 0.1) is 5.69 Å². The molecule has 1 aliphatic carbocycles. The highest BCUT2D eigenvalue weighted by molar-refractivity contribution is 7.89. The van der Waals surface area contributed by atoms with Crippen LogP contribution in [-0.2, 0) is 10.0 Å². The monoisotopic (exact) mass is 297 g/mol. The minimum absolute atomic E-state index is 0.145. The van der Waals surface area contributed by atoms with E-state index < -0.39 is 10.0 Å². The summed E-state index contributed by atoms with van der Waals surface area (Å²) < 4.78 is 25.9. The van der Waals surface area contributed by atoms with Crippen LogP contribution in [0.5, 0.6) is 0 Å². The molecule has 1 aromatic rings. The number of hydrogen-bond acceptors (Lipinski definition) is 4. The summed E-state index contributed by atoms with van der Waals surface area (Å²) in [5.41, 5.74) is 7.23. The number of anilines is 2. The van der Waals surface area contributed by atoms with Gasteiger partial charge in [0.25, 0.3) is 0 Å². The van der Waals surface area contributed by atoms with Crippen molar-refractivity contribution in [1.82, 2.24) is 4.72 Å². The average Bonchev–Trinajstić information content (AvgIpc) is 2.93. The zero-order valence-corrected chi connectivity index (χ0v) is 12.9. The zero-order valence-electron chi connectivity index (χ0n) is 12.1. The molecule has 0 bridgehead atoms. The largest absolute Gasteiger partial charge is 0.398 e. The Kier molecular flexibility index (Phi) is 4.55.